The zero-order chi connectivity index (χ0) is 25.2. The lowest BCUT2D eigenvalue weighted by Crippen LogP contribution is -2.46. The second-order valence-corrected chi connectivity index (χ2v) is 7.95. The van der Waals surface area contributed by atoms with Gasteiger partial charge in [0.2, 0.25) is 5.69 Å². The van der Waals surface area contributed by atoms with E-state index in [1.807, 2.05) is 0 Å². The monoisotopic (exact) mass is 492 g/mol. The number of aromatic nitrogens is 3. The molecule has 0 radical (unpaired) electrons. The van der Waals surface area contributed by atoms with Gasteiger partial charge in [0.15, 0.2) is 0 Å². The largest absolute Gasteiger partial charge is 0.416 e. The van der Waals surface area contributed by atoms with Gasteiger partial charge in [-0.25, -0.2) is 9.18 Å². The van der Waals surface area contributed by atoms with E-state index in [4.69, 9.17) is 4.74 Å². The Balaban J connectivity index is 1.77. The minimum Gasteiger partial charge on any atom is -0.376 e. The van der Waals surface area contributed by atoms with Crippen molar-refractivity contribution in [3.8, 4) is 5.69 Å². The summed E-state index contributed by atoms with van der Waals surface area (Å²) < 4.78 is 59.3. The van der Waals surface area contributed by atoms with Crippen molar-refractivity contribution < 1.29 is 27.1 Å². The normalized spacial score (nSPS) is 15.8. The minimum atomic E-state index is -4.60. The molecule has 2 heterocycles. The van der Waals surface area contributed by atoms with E-state index in [1.165, 1.54) is 18.2 Å². The zero-order valence-electron chi connectivity index (χ0n) is 18.2. The summed E-state index contributed by atoms with van der Waals surface area (Å²) in [6.45, 7) is 0.284. The standard InChI is InChI=1S/C23H20F4N4O4/c24-16-4-1-3-14(11-16)13-30-21(33)19(20(32)28-12-18-5-2-10-35-18)29-31(22(30)34)17-8-6-15(7-9-17)23(25,26)27/h1,3-4,6-9,11,18H,2,5,10,12-13H2,(H,28,32). The number of rotatable bonds is 6. The summed E-state index contributed by atoms with van der Waals surface area (Å²) in [6, 6.07) is 8.68. The smallest absolute Gasteiger partial charge is 0.376 e. The van der Waals surface area contributed by atoms with E-state index in [0.717, 1.165) is 43.2 Å². The second kappa shape index (κ2) is 9.82. The van der Waals surface area contributed by atoms with Crippen molar-refractivity contribution in [2.75, 3.05) is 13.2 Å². The zero-order valence-corrected chi connectivity index (χ0v) is 18.2. The van der Waals surface area contributed by atoms with E-state index in [9.17, 15) is 31.9 Å². The molecule has 3 aromatic rings. The molecule has 0 spiro atoms. The van der Waals surface area contributed by atoms with E-state index < -0.39 is 40.4 Å². The molecule has 4 rings (SSSR count). The summed E-state index contributed by atoms with van der Waals surface area (Å²) in [5, 5.41) is 6.41. The highest BCUT2D eigenvalue weighted by Crippen LogP contribution is 2.29. The van der Waals surface area contributed by atoms with Gasteiger partial charge < -0.3 is 10.1 Å². The van der Waals surface area contributed by atoms with Crippen LogP contribution in [0.3, 0.4) is 0 Å². The van der Waals surface area contributed by atoms with Gasteiger partial charge in [0.1, 0.15) is 5.82 Å². The predicted octanol–water partition coefficient (Wildman–Crippen LogP) is 2.51. The summed E-state index contributed by atoms with van der Waals surface area (Å²) in [4.78, 5) is 38.9. The number of ether oxygens (including phenoxy) is 1. The summed E-state index contributed by atoms with van der Waals surface area (Å²) >= 11 is 0. The highest BCUT2D eigenvalue weighted by atomic mass is 19.4. The fourth-order valence-electron chi connectivity index (χ4n) is 3.67. The first kappa shape index (κ1) is 24.3. The molecule has 1 amide bonds. The van der Waals surface area contributed by atoms with E-state index >= 15 is 0 Å². The number of nitrogens with zero attached hydrogens (tertiary/aromatic N) is 3. The summed E-state index contributed by atoms with van der Waals surface area (Å²) in [6.07, 6.45) is -3.27. The van der Waals surface area contributed by atoms with Crippen molar-refractivity contribution in [1.29, 1.82) is 0 Å². The summed E-state index contributed by atoms with van der Waals surface area (Å²) in [5.41, 5.74) is -3.44. The molecule has 1 aromatic heterocycles. The van der Waals surface area contributed by atoms with Crippen molar-refractivity contribution in [2.24, 2.45) is 0 Å². The molecule has 1 aliphatic heterocycles. The van der Waals surface area contributed by atoms with Crippen molar-refractivity contribution in [3.63, 3.8) is 0 Å². The Hall–Kier alpha value is -3.80. The maximum Gasteiger partial charge on any atom is 0.416 e. The third kappa shape index (κ3) is 5.48. The van der Waals surface area contributed by atoms with Crippen molar-refractivity contribution in [1.82, 2.24) is 19.7 Å². The molecule has 1 aliphatic rings. The van der Waals surface area contributed by atoms with E-state index in [-0.39, 0.29) is 30.4 Å². The molecule has 1 atom stereocenters. The number of benzene rings is 2. The van der Waals surface area contributed by atoms with Crippen molar-refractivity contribution >= 4 is 5.91 Å². The first-order valence-corrected chi connectivity index (χ1v) is 10.7. The average Bonchev–Trinajstić information content (AvgIpc) is 3.34. The number of amides is 1. The third-order valence-corrected chi connectivity index (χ3v) is 5.46. The Labute approximate surface area is 195 Å². The fourth-order valence-corrected chi connectivity index (χ4v) is 3.67. The molecule has 8 nitrogen and oxygen atoms in total. The van der Waals surface area contributed by atoms with Crippen molar-refractivity contribution in [3.05, 3.63) is 92.0 Å². The Kier molecular flexibility index (Phi) is 6.83. The molecule has 1 N–H and O–H groups in total. The van der Waals surface area contributed by atoms with Gasteiger partial charge in [-0.2, -0.15) is 23.0 Å². The Morgan fingerprint density at radius 2 is 1.89 bits per heavy atom. The molecule has 0 saturated carbocycles. The van der Waals surface area contributed by atoms with Crippen molar-refractivity contribution in [2.45, 2.75) is 31.7 Å². The highest BCUT2D eigenvalue weighted by molar-refractivity contribution is 5.91. The number of carbonyl (C=O) groups is 1. The first-order chi connectivity index (χ1) is 16.6. The average molecular weight is 492 g/mol. The molecule has 35 heavy (non-hydrogen) atoms. The van der Waals surface area contributed by atoms with Gasteiger partial charge in [0, 0.05) is 13.2 Å². The molecule has 1 fully saturated rings. The minimum absolute atomic E-state index is 0.0934. The molecule has 2 aromatic carbocycles. The molecule has 1 unspecified atom stereocenters. The molecule has 1 saturated heterocycles. The van der Waals surface area contributed by atoms with Crippen LogP contribution in [0.4, 0.5) is 17.6 Å². The van der Waals surface area contributed by atoms with E-state index in [2.05, 4.69) is 10.4 Å². The highest BCUT2D eigenvalue weighted by Gasteiger charge is 2.30. The molecule has 184 valence electrons. The first-order valence-electron chi connectivity index (χ1n) is 10.7. The van der Waals surface area contributed by atoms with Crippen LogP contribution in [0.2, 0.25) is 0 Å². The number of nitrogens with one attached hydrogen (secondary N) is 1. The predicted molar refractivity (Wildman–Crippen MR) is 116 cm³/mol. The molecule has 0 aliphatic carbocycles. The summed E-state index contributed by atoms with van der Waals surface area (Å²) in [5.74, 6) is -1.47. The van der Waals surface area contributed by atoms with E-state index in [0.29, 0.717) is 15.9 Å². The topological polar surface area (TPSA) is 95.2 Å². The van der Waals surface area contributed by atoms with Gasteiger partial charge in [0.25, 0.3) is 11.5 Å². The second-order valence-electron chi connectivity index (χ2n) is 7.95. The lowest BCUT2D eigenvalue weighted by molar-refractivity contribution is -0.137. The Morgan fingerprint density at radius 3 is 2.51 bits per heavy atom. The van der Waals surface area contributed by atoms with Crippen LogP contribution in [-0.2, 0) is 17.5 Å². The molecule has 12 heteroatoms. The van der Waals surface area contributed by atoms with Gasteiger partial charge in [-0.1, -0.05) is 12.1 Å². The van der Waals surface area contributed by atoms with Crippen LogP contribution in [0, 0.1) is 5.82 Å². The van der Waals surface area contributed by atoms with Crippen LogP contribution in [0.15, 0.2) is 58.1 Å². The lowest BCUT2D eigenvalue weighted by Gasteiger charge is -2.14. The lowest BCUT2D eigenvalue weighted by atomic mass is 10.2. The molecular weight excluding hydrogens is 472 g/mol. The maximum absolute atomic E-state index is 13.7. The van der Waals surface area contributed by atoms with Gasteiger partial charge in [-0.15, -0.1) is 0 Å². The number of hydrogen-bond acceptors (Lipinski definition) is 5. The SMILES string of the molecule is O=C(NCC1CCCO1)c1nn(-c2ccc(C(F)(F)F)cc2)c(=O)n(Cc2cccc(F)c2)c1=O. The van der Waals surface area contributed by atoms with Crippen LogP contribution in [0.1, 0.15) is 34.5 Å². The Morgan fingerprint density at radius 1 is 1.14 bits per heavy atom. The number of hydrogen-bond donors (Lipinski definition) is 1. The van der Waals surface area contributed by atoms with Crippen LogP contribution < -0.4 is 16.6 Å². The summed E-state index contributed by atoms with van der Waals surface area (Å²) in [7, 11) is 0. The van der Waals surface area contributed by atoms with Gasteiger partial charge in [-0.3, -0.25) is 14.2 Å². The number of carbonyl (C=O) groups excluding carboxylic acids is 1. The molecule has 0 bridgehead atoms. The van der Waals surface area contributed by atoms with Crippen LogP contribution in [0.5, 0.6) is 0 Å². The van der Waals surface area contributed by atoms with E-state index in [1.54, 1.807) is 0 Å². The van der Waals surface area contributed by atoms with Crippen LogP contribution >= 0.6 is 0 Å². The fraction of sp³-hybridized carbons (Fsp3) is 0.304. The maximum atomic E-state index is 13.7. The van der Waals surface area contributed by atoms with Gasteiger partial charge in [-0.05, 0) is 54.8 Å². The number of halogens is 4. The van der Waals surface area contributed by atoms with Crippen LogP contribution in [-0.4, -0.2) is 39.5 Å². The quantitative estimate of drug-likeness (QED) is 0.534. The van der Waals surface area contributed by atoms with Gasteiger partial charge in [0.05, 0.1) is 23.9 Å². The van der Waals surface area contributed by atoms with Gasteiger partial charge >= 0.3 is 11.9 Å². The molecular formula is C23H20F4N4O4. The third-order valence-electron chi connectivity index (χ3n) is 5.46. The van der Waals surface area contributed by atoms with Crippen LogP contribution in [0.25, 0.3) is 5.69 Å². The Bertz CT molecular complexity index is 1340. The number of alkyl halides is 3.